The highest BCUT2D eigenvalue weighted by atomic mass is 35.5. The minimum Gasteiger partial charge on any atom is -0.480 e. The summed E-state index contributed by atoms with van der Waals surface area (Å²) in [5.41, 5.74) is -0.0367. The number of carboxylic acids is 1. The molecule has 1 aromatic rings. The van der Waals surface area contributed by atoms with Crippen LogP contribution in [-0.4, -0.2) is 32.9 Å². The lowest BCUT2D eigenvalue weighted by Crippen LogP contribution is -2.55. The molecule has 1 aliphatic carbocycles. The van der Waals surface area contributed by atoms with Crippen molar-refractivity contribution in [3.05, 3.63) is 16.9 Å². The van der Waals surface area contributed by atoms with Crippen molar-refractivity contribution in [1.82, 2.24) is 15.1 Å². The Bertz CT molecular complexity index is 469. The Kier molecular flexibility index (Phi) is 4.70. The highest BCUT2D eigenvalue weighted by Crippen LogP contribution is 2.36. The summed E-state index contributed by atoms with van der Waals surface area (Å²) in [5.74, 6) is -0.759. The third-order valence-electron chi connectivity index (χ3n) is 4.08. The molecule has 1 aromatic heterocycles. The Labute approximate surface area is 124 Å². The molecule has 2 unspecified atom stereocenters. The molecule has 1 aliphatic rings. The average molecular weight is 300 g/mol. The van der Waals surface area contributed by atoms with Crippen molar-refractivity contribution in [3.63, 3.8) is 0 Å². The average Bonchev–Trinajstić information content (AvgIpc) is 2.76. The zero-order valence-electron chi connectivity index (χ0n) is 12.0. The smallest absolute Gasteiger partial charge is 0.323 e. The molecular weight excluding hydrogens is 278 g/mol. The van der Waals surface area contributed by atoms with E-state index in [1.54, 1.807) is 6.20 Å². The lowest BCUT2D eigenvalue weighted by atomic mass is 9.79. The molecule has 1 heterocycles. The van der Waals surface area contributed by atoms with Crippen LogP contribution in [0.15, 0.2) is 6.20 Å². The van der Waals surface area contributed by atoms with E-state index in [2.05, 4.69) is 10.4 Å². The Morgan fingerprint density at radius 3 is 3.00 bits per heavy atom. The monoisotopic (exact) mass is 299 g/mol. The van der Waals surface area contributed by atoms with Crippen molar-refractivity contribution in [3.8, 4) is 0 Å². The van der Waals surface area contributed by atoms with E-state index in [0.717, 1.165) is 31.5 Å². The maximum absolute atomic E-state index is 11.7. The summed E-state index contributed by atoms with van der Waals surface area (Å²) in [6.07, 6.45) is 5.78. The fraction of sp³-hybridized carbons (Fsp3) is 0.714. The second-order valence-corrected chi connectivity index (χ2v) is 6.01. The molecule has 2 atom stereocenters. The van der Waals surface area contributed by atoms with Gasteiger partial charge in [-0.15, -0.1) is 0 Å². The predicted octanol–water partition coefficient (Wildman–Crippen LogP) is 2.78. The number of hydrogen-bond acceptors (Lipinski definition) is 3. The van der Waals surface area contributed by atoms with Gasteiger partial charge in [0, 0.05) is 6.20 Å². The SMILES string of the molecule is CCCNC1(C(=O)O)CCCC(n2cc(Cl)c(C)n2)C1. The van der Waals surface area contributed by atoms with E-state index in [9.17, 15) is 9.90 Å². The van der Waals surface area contributed by atoms with Crippen molar-refractivity contribution in [2.24, 2.45) is 0 Å². The van der Waals surface area contributed by atoms with Gasteiger partial charge in [0.05, 0.1) is 16.8 Å². The Morgan fingerprint density at radius 1 is 1.70 bits per heavy atom. The van der Waals surface area contributed by atoms with Gasteiger partial charge in [0.1, 0.15) is 5.54 Å². The minimum absolute atomic E-state index is 0.0930. The van der Waals surface area contributed by atoms with Gasteiger partial charge < -0.3 is 10.4 Å². The molecule has 20 heavy (non-hydrogen) atoms. The highest BCUT2D eigenvalue weighted by molar-refractivity contribution is 6.31. The molecule has 0 radical (unpaired) electrons. The number of halogens is 1. The van der Waals surface area contributed by atoms with Crippen LogP contribution in [0.4, 0.5) is 0 Å². The van der Waals surface area contributed by atoms with E-state index < -0.39 is 11.5 Å². The first-order chi connectivity index (χ1) is 9.48. The molecular formula is C14H22ClN3O2. The Morgan fingerprint density at radius 2 is 2.45 bits per heavy atom. The third-order valence-corrected chi connectivity index (χ3v) is 4.45. The number of carbonyl (C=O) groups is 1. The zero-order chi connectivity index (χ0) is 14.8. The summed E-state index contributed by atoms with van der Waals surface area (Å²) in [7, 11) is 0. The number of carboxylic acid groups (broad SMARTS) is 1. The van der Waals surface area contributed by atoms with Gasteiger partial charge in [-0.2, -0.15) is 5.10 Å². The topological polar surface area (TPSA) is 67.2 Å². The van der Waals surface area contributed by atoms with E-state index in [1.165, 1.54) is 0 Å². The van der Waals surface area contributed by atoms with E-state index in [0.29, 0.717) is 17.9 Å². The molecule has 2 rings (SSSR count). The van der Waals surface area contributed by atoms with Crippen molar-refractivity contribution in [1.29, 1.82) is 0 Å². The molecule has 1 fully saturated rings. The maximum atomic E-state index is 11.7. The van der Waals surface area contributed by atoms with Gasteiger partial charge in [0.2, 0.25) is 0 Å². The van der Waals surface area contributed by atoms with Crippen LogP contribution >= 0.6 is 11.6 Å². The molecule has 0 saturated heterocycles. The van der Waals surface area contributed by atoms with Crippen LogP contribution in [-0.2, 0) is 4.79 Å². The highest BCUT2D eigenvalue weighted by Gasteiger charge is 2.43. The first-order valence-corrected chi connectivity index (χ1v) is 7.56. The maximum Gasteiger partial charge on any atom is 0.323 e. The van der Waals surface area contributed by atoms with Gasteiger partial charge in [0.25, 0.3) is 0 Å². The largest absolute Gasteiger partial charge is 0.480 e. The molecule has 1 saturated carbocycles. The van der Waals surface area contributed by atoms with Gasteiger partial charge >= 0.3 is 5.97 Å². The number of aryl methyl sites for hydroxylation is 1. The standard InChI is InChI=1S/C14H22ClN3O2/c1-3-7-16-14(13(19)20)6-4-5-11(8-14)18-9-12(15)10(2)17-18/h9,11,16H,3-8H2,1-2H3,(H,19,20). The van der Waals surface area contributed by atoms with E-state index in [4.69, 9.17) is 11.6 Å². The summed E-state index contributed by atoms with van der Waals surface area (Å²) in [5, 5.41) is 17.9. The van der Waals surface area contributed by atoms with Gasteiger partial charge in [-0.3, -0.25) is 9.48 Å². The number of nitrogens with one attached hydrogen (secondary N) is 1. The van der Waals surface area contributed by atoms with Gasteiger partial charge in [-0.1, -0.05) is 18.5 Å². The van der Waals surface area contributed by atoms with Crippen LogP contribution in [0.2, 0.25) is 5.02 Å². The second kappa shape index (κ2) is 6.14. The molecule has 0 aliphatic heterocycles. The Hall–Kier alpha value is -1.07. The molecule has 0 spiro atoms. The fourth-order valence-electron chi connectivity index (χ4n) is 2.91. The molecule has 0 bridgehead atoms. The van der Waals surface area contributed by atoms with Crippen LogP contribution in [0.3, 0.4) is 0 Å². The molecule has 0 amide bonds. The van der Waals surface area contributed by atoms with Crippen LogP contribution in [0.25, 0.3) is 0 Å². The van der Waals surface area contributed by atoms with Gasteiger partial charge in [0.15, 0.2) is 0 Å². The van der Waals surface area contributed by atoms with Gasteiger partial charge in [-0.05, 0) is 45.6 Å². The lowest BCUT2D eigenvalue weighted by molar-refractivity contribution is -0.147. The van der Waals surface area contributed by atoms with Crippen LogP contribution < -0.4 is 5.32 Å². The Balaban J connectivity index is 2.19. The predicted molar refractivity (Wildman–Crippen MR) is 78.1 cm³/mol. The van der Waals surface area contributed by atoms with Gasteiger partial charge in [-0.25, -0.2) is 0 Å². The van der Waals surface area contributed by atoms with Crippen LogP contribution in [0.1, 0.15) is 50.8 Å². The fourth-order valence-corrected chi connectivity index (χ4v) is 3.05. The van der Waals surface area contributed by atoms with E-state index in [1.807, 2.05) is 18.5 Å². The van der Waals surface area contributed by atoms with Crippen molar-refractivity contribution >= 4 is 17.6 Å². The summed E-state index contributed by atoms with van der Waals surface area (Å²) >= 11 is 6.05. The van der Waals surface area contributed by atoms with Crippen molar-refractivity contribution < 1.29 is 9.90 Å². The molecule has 112 valence electrons. The molecule has 5 nitrogen and oxygen atoms in total. The van der Waals surface area contributed by atoms with Crippen LogP contribution in [0.5, 0.6) is 0 Å². The van der Waals surface area contributed by atoms with Crippen LogP contribution in [0, 0.1) is 6.92 Å². The quantitative estimate of drug-likeness (QED) is 0.877. The summed E-state index contributed by atoms with van der Waals surface area (Å²) in [6.45, 7) is 4.62. The van der Waals surface area contributed by atoms with E-state index >= 15 is 0 Å². The molecule has 0 aromatic carbocycles. The normalized spacial score (nSPS) is 26.6. The zero-order valence-corrected chi connectivity index (χ0v) is 12.8. The summed E-state index contributed by atoms with van der Waals surface area (Å²) in [6, 6.07) is 0.0930. The number of aromatic nitrogens is 2. The molecule has 6 heteroatoms. The first-order valence-electron chi connectivity index (χ1n) is 7.18. The second-order valence-electron chi connectivity index (χ2n) is 5.61. The first kappa shape index (κ1) is 15.3. The summed E-state index contributed by atoms with van der Waals surface area (Å²) in [4.78, 5) is 11.7. The number of nitrogens with zero attached hydrogens (tertiary/aromatic N) is 2. The third kappa shape index (κ3) is 2.99. The number of aliphatic carboxylic acids is 1. The van der Waals surface area contributed by atoms with Crippen molar-refractivity contribution in [2.45, 2.75) is 57.5 Å². The lowest BCUT2D eigenvalue weighted by Gasteiger charge is -2.38. The number of hydrogen-bond donors (Lipinski definition) is 2. The summed E-state index contributed by atoms with van der Waals surface area (Å²) < 4.78 is 1.84. The van der Waals surface area contributed by atoms with E-state index in [-0.39, 0.29) is 6.04 Å². The number of rotatable bonds is 5. The minimum atomic E-state index is -0.828. The van der Waals surface area contributed by atoms with Crippen molar-refractivity contribution in [2.75, 3.05) is 6.54 Å². The molecule has 2 N–H and O–H groups in total.